The lowest BCUT2D eigenvalue weighted by molar-refractivity contribution is 0.0793. The Kier molecular flexibility index (Phi) is 4.89. The smallest absolute Gasteiger partial charge is 0.254 e. The molecular weight excluding hydrogens is 275 g/mol. The molecule has 16 heavy (non-hydrogen) atoms. The van der Waals surface area contributed by atoms with Crippen LogP contribution in [0.1, 0.15) is 16.8 Å². The second-order valence-corrected chi connectivity index (χ2v) is 4.26. The SMILES string of the molecule is CN(CCCN)C(=O)c1cccc(F)c1Br. The Bertz CT molecular complexity index is 384. The second kappa shape index (κ2) is 5.96. The molecule has 0 saturated carbocycles. The molecule has 0 bridgehead atoms. The molecule has 0 atom stereocenters. The Morgan fingerprint density at radius 1 is 1.56 bits per heavy atom. The van der Waals surface area contributed by atoms with Crippen LogP contribution in [0.3, 0.4) is 0 Å². The first-order valence-electron chi connectivity index (χ1n) is 4.97. The van der Waals surface area contributed by atoms with E-state index >= 15 is 0 Å². The fraction of sp³-hybridized carbons (Fsp3) is 0.364. The van der Waals surface area contributed by atoms with E-state index in [-0.39, 0.29) is 10.4 Å². The van der Waals surface area contributed by atoms with E-state index in [0.29, 0.717) is 18.7 Å². The van der Waals surface area contributed by atoms with Gasteiger partial charge in [-0.25, -0.2) is 4.39 Å². The highest BCUT2D eigenvalue weighted by atomic mass is 79.9. The first kappa shape index (κ1) is 13.1. The summed E-state index contributed by atoms with van der Waals surface area (Å²) < 4.78 is 13.4. The fourth-order valence-electron chi connectivity index (χ4n) is 1.30. The monoisotopic (exact) mass is 288 g/mol. The van der Waals surface area contributed by atoms with E-state index in [1.54, 1.807) is 13.1 Å². The highest BCUT2D eigenvalue weighted by Crippen LogP contribution is 2.21. The normalized spacial score (nSPS) is 10.2. The van der Waals surface area contributed by atoms with E-state index in [2.05, 4.69) is 15.9 Å². The fourth-order valence-corrected chi connectivity index (χ4v) is 1.74. The van der Waals surface area contributed by atoms with Crippen molar-refractivity contribution < 1.29 is 9.18 Å². The Balaban J connectivity index is 2.84. The maximum absolute atomic E-state index is 13.2. The van der Waals surface area contributed by atoms with E-state index in [4.69, 9.17) is 5.73 Å². The van der Waals surface area contributed by atoms with Crippen LogP contribution in [-0.4, -0.2) is 30.9 Å². The summed E-state index contributed by atoms with van der Waals surface area (Å²) >= 11 is 3.07. The number of carbonyl (C=O) groups is 1. The van der Waals surface area contributed by atoms with Crippen molar-refractivity contribution in [2.24, 2.45) is 5.73 Å². The van der Waals surface area contributed by atoms with Gasteiger partial charge in [0.25, 0.3) is 5.91 Å². The molecule has 0 aliphatic rings. The van der Waals surface area contributed by atoms with Crippen molar-refractivity contribution in [1.29, 1.82) is 0 Å². The van der Waals surface area contributed by atoms with Gasteiger partial charge in [-0.1, -0.05) is 6.07 Å². The number of hydrogen-bond acceptors (Lipinski definition) is 2. The van der Waals surface area contributed by atoms with Crippen LogP contribution in [0.2, 0.25) is 0 Å². The Hall–Kier alpha value is -0.940. The molecule has 0 fully saturated rings. The summed E-state index contributed by atoms with van der Waals surface area (Å²) in [6.07, 6.45) is 0.731. The minimum absolute atomic E-state index is 0.208. The number of carbonyl (C=O) groups excluding carboxylic acids is 1. The third kappa shape index (κ3) is 3.02. The molecule has 1 amide bonds. The predicted octanol–water partition coefficient (Wildman–Crippen LogP) is 2.01. The molecule has 2 N–H and O–H groups in total. The van der Waals surface area contributed by atoms with E-state index in [9.17, 15) is 9.18 Å². The quantitative estimate of drug-likeness (QED) is 0.921. The van der Waals surface area contributed by atoms with Crippen molar-refractivity contribution in [2.45, 2.75) is 6.42 Å². The van der Waals surface area contributed by atoms with Crippen LogP contribution in [0.25, 0.3) is 0 Å². The lowest BCUT2D eigenvalue weighted by Crippen LogP contribution is -2.29. The van der Waals surface area contributed by atoms with Crippen LogP contribution in [-0.2, 0) is 0 Å². The second-order valence-electron chi connectivity index (χ2n) is 3.47. The van der Waals surface area contributed by atoms with E-state index < -0.39 is 5.82 Å². The Morgan fingerprint density at radius 3 is 2.88 bits per heavy atom. The molecule has 0 aromatic heterocycles. The maximum atomic E-state index is 13.2. The molecular formula is C11H14BrFN2O. The summed E-state index contributed by atoms with van der Waals surface area (Å²) in [6, 6.07) is 4.42. The third-order valence-corrected chi connectivity index (χ3v) is 3.03. The molecule has 0 saturated heterocycles. The summed E-state index contributed by atoms with van der Waals surface area (Å²) in [4.78, 5) is 13.4. The zero-order chi connectivity index (χ0) is 12.1. The van der Waals surface area contributed by atoms with Gasteiger partial charge in [-0.05, 0) is 41.0 Å². The number of benzene rings is 1. The molecule has 1 aromatic carbocycles. The molecule has 1 rings (SSSR count). The van der Waals surface area contributed by atoms with Crippen molar-refractivity contribution in [2.75, 3.05) is 20.1 Å². The van der Waals surface area contributed by atoms with Gasteiger partial charge in [0.1, 0.15) is 5.82 Å². The van der Waals surface area contributed by atoms with Gasteiger partial charge >= 0.3 is 0 Å². The number of nitrogens with two attached hydrogens (primary N) is 1. The third-order valence-electron chi connectivity index (χ3n) is 2.23. The summed E-state index contributed by atoms with van der Waals surface area (Å²) in [5.74, 6) is -0.641. The van der Waals surface area contributed by atoms with Gasteiger partial charge in [0.05, 0.1) is 10.0 Å². The Morgan fingerprint density at radius 2 is 2.25 bits per heavy atom. The maximum Gasteiger partial charge on any atom is 0.254 e. The van der Waals surface area contributed by atoms with Gasteiger partial charge in [0.15, 0.2) is 0 Å². The summed E-state index contributed by atoms with van der Waals surface area (Å²) in [5, 5.41) is 0. The first-order chi connectivity index (χ1) is 7.57. The summed E-state index contributed by atoms with van der Waals surface area (Å²) in [6.45, 7) is 1.10. The van der Waals surface area contributed by atoms with Crippen molar-refractivity contribution in [1.82, 2.24) is 4.90 Å². The zero-order valence-electron chi connectivity index (χ0n) is 9.04. The Labute approximate surface area is 103 Å². The van der Waals surface area contributed by atoms with Crippen molar-refractivity contribution in [3.05, 3.63) is 34.1 Å². The molecule has 5 heteroatoms. The topological polar surface area (TPSA) is 46.3 Å². The van der Waals surface area contributed by atoms with Crippen LogP contribution in [0, 0.1) is 5.82 Å². The number of hydrogen-bond donors (Lipinski definition) is 1. The number of nitrogens with zero attached hydrogens (tertiary/aromatic N) is 1. The highest BCUT2D eigenvalue weighted by Gasteiger charge is 2.16. The molecule has 88 valence electrons. The summed E-state index contributed by atoms with van der Waals surface area (Å²) in [7, 11) is 1.68. The predicted molar refractivity (Wildman–Crippen MR) is 64.7 cm³/mol. The largest absolute Gasteiger partial charge is 0.342 e. The van der Waals surface area contributed by atoms with Crippen LogP contribution in [0.5, 0.6) is 0 Å². The van der Waals surface area contributed by atoms with Crippen molar-refractivity contribution >= 4 is 21.8 Å². The van der Waals surface area contributed by atoms with Gasteiger partial charge in [0, 0.05) is 13.6 Å². The molecule has 0 aliphatic carbocycles. The van der Waals surface area contributed by atoms with Crippen molar-refractivity contribution in [3.63, 3.8) is 0 Å². The van der Waals surface area contributed by atoms with Crippen LogP contribution in [0.4, 0.5) is 4.39 Å². The molecule has 3 nitrogen and oxygen atoms in total. The number of rotatable bonds is 4. The van der Waals surface area contributed by atoms with Gasteiger partial charge in [-0.3, -0.25) is 4.79 Å². The first-order valence-corrected chi connectivity index (χ1v) is 5.76. The van der Waals surface area contributed by atoms with E-state index in [0.717, 1.165) is 6.42 Å². The zero-order valence-corrected chi connectivity index (χ0v) is 10.6. The average molecular weight is 289 g/mol. The van der Waals surface area contributed by atoms with Crippen molar-refractivity contribution in [3.8, 4) is 0 Å². The number of halogens is 2. The minimum Gasteiger partial charge on any atom is -0.342 e. The van der Waals surface area contributed by atoms with Gasteiger partial charge in [-0.2, -0.15) is 0 Å². The van der Waals surface area contributed by atoms with Crippen LogP contribution >= 0.6 is 15.9 Å². The molecule has 0 spiro atoms. The lowest BCUT2D eigenvalue weighted by atomic mass is 10.2. The van der Waals surface area contributed by atoms with E-state index in [1.165, 1.54) is 17.0 Å². The average Bonchev–Trinajstić information content (AvgIpc) is 2.28. The molecule has 0 radical (unpaired) electrons. The highest BCUT2D eigenvalue weighted by molar-refractivity contribution is 9.10. The summed E-state index contributed by atoms with van der Waals surface area (Å²) in [5.41, 5.74) is 5.70. The minimum atomic E-state index is -0.432. The molecule has 0 heterocycles. The van der Waals surface area contributed by atoms with Crippen LogP contribution in [0.15, 0.2) is 22.7 Å². The van der Waals surface area contributed by atoms with Gasteiger partial charge in [0.2, 0.25) is 0 Å². The van der Waals surface area contributed by atoms with E-state index in [1.807, 2.05) is 0 Å². The lowest BCUT2D eigenvalue weighted by Gasteiger charge is -2.17. The number of amides is 1. The molecule has 0 unspecified atom stereocenters. The molecule has 0 aliphatic heterocycles. The molecule has 1 aromatic rings. The standard InChI is InChI=1S/C11H14BrFN2O/c1-15(7-3-6-14)11(16)8-4-2-5-9(13)10(8)12/h2,4-5H,3,6-7,14H2,1H3. The van der Waals surface area contributed by atoms with Crippen LogP contribution < -0.4 is 5.73 Å². The van der Waals surface area contributed by atoms with Gasteiger partial charge in [-0.15, -0.1) is 0 Å². The van der Waals surface area contributed by atoms with Gasteiger partial charge < -0.3 is 10.6 Å².